The molecule has 0 spiro atoms. The molecule has 0 bridgehead atoms. The number of aromatic hydroxyl groups is 1. The molecule has 0 heterocycles. The first-order valence-electron chi connectivity index (χ1n) is 4.87. The fourth-order valence-electron chi connectivity index (χ4n) is 1.32. The molecule has 0 fully saturated rings. The molecule has 2 N–H and O–H groups in total. The number of phenols is 1. The molecular weight excluding hydrogens is 230 g/mol. The van der Waals surface area contributed by atoms with Crippen LogP contribution in [0.1, 0.15) is 13.3 Å². The molecule has 0 unspecified atom stereocenters. The highest BCUT2D eigenvalue weighted by molar-refractivity contribution is 5.75. The van der Waals surface area contributed by atoms with Crippen molar-refractivity contribution in [1.29, 1.82) is 0 Å². The molecule has 8 nitrogen and oxygen atoms in total. The van der Waals surface area contributed by atoms with Crippen molar-refractivity contribution < 1.29 is 15.0 Å². The van der Waals surface area contributed by atoms with Crippen molar-refractivity contribution in [3.05, 3.63) is 32.4 Å². The van der Waals surface area contributed by atoms with Crippen LogP contribution >= 0.6 is 0 Å². The van der Waals surface area contributed by atoms with Crippen LogP contribution in [0.15, 0.2) is 12.1 Å². The number of rotatable bonds is 5. The number of anilines is 1. The van der Waals surface area contributed by atoms with Gasteiger partial charge in [0.2, 0.25) is 0 Å². The lowest BCUT2D eigenvalue weighted by Crippen LogP contribution is -2.06. The molecule has 0 aromatic heterocycles. The average Bonchev–Trinajstić information content (AvgIpc) is 2.26. The summed E-state index contributed by atoms with van der Waals surface area (Å²) in [6.07, 6.45) is 0.662. The van der Waals surface area contributed by atoms with Crippen molar-refractivity contribution in [2.75, 3.05) is 11.9 Å². The van der Waals surface area contributed by atoms with Crippen molar-refractivity contribution in [2.24, 2.45) is 0 Å². The number of hydrogen-bond acceptors (Lipinski definition) is 6. The molecule has 0 aliphatic carbocycles. The summed E-state index contributed by atoms with van der Waals surface area (Å²) in [5, 5.41) is 33.3. The van der Waals surface area contributed by atoms with Crippen LogP contribution in [0.4, 0.5) is 17.1 Å². The fraction of sp³-hybridized carbons (Fsp3) is 0.333. The molecular formula is C9H11N3O5. The summed E-state index contributed by atoms with van der Waals surface area (Å²) in [7, 11) is 0. The Bertz CT molecular complexity index is 425. The Morgan fingerprint density at radius 1 is 1.24 bits per heavy atom. The van der Waals surface area contributed by atoms with Gasteiger partial charge in [-0.15, -0.1) is 0 Å². The molecule has 8 heteroatoms. The van der Waals surface area contributed by atoms with Gasteiger partial charge in [-0.05, 0) is 6.42 Å². The van der Waals surface area contributed by atoms with Gasteiger partial charge in [0.1, 0.15) is 5.75 Å². The molecule has 0 saturated carbocycles. The molecule has 1 rings (SSSR count). The number of nitrogens with zero attached hydrogens (tertiary/aromatic N) is 2. The van der Waals surface area contributed by atoms with Gasteiger partial charge >= 0.3 is 11.4 Å². The molecule has 0 aliphatic heterocycles. The zero-order chi connectivity index (χ0) is 13.0. The second-order valence-corrected chi connectivity index (χ2v) is 3.30. The van der Waals surface area contributed by atoms with Crippen LogP contribution in [-0.4, -0.2) is 21.5 Å². The Morgan fingerprint density at radius 2 is 1.71 bits per heavy atom. The molecule has 17 heavy (non-hydrogen) atoms. The van der Waals surface area contributed by atoms with E-state index < -0.39 is 27.0 Å². The van der Waals surface area contributed by atoms with E-state index in [1.165, 1.54) is 0 Å². The first-order valence-corrected chi connectivity index (χ1v) is 4.87. The second-order valence-electron chi connectivity index (χ2n) is 3.30. The number of nitro groups is 2. The molecule has 1 aromatic rings. The highest BCUT2D eigenvalue weighted by Crippen LogP contribution is 2.37. The summed E-state index contributed by atoms with van der Waals surface area (Å²) in [4.78, 5) is 19.9. The van der Waals surface area contributed by atoms with Gasteiger partial charge in [0.15, 0.2) is 5.69 Å². The quantitative estimate of drug-likeness (QED) is 0.462. The average molecular weight is 241 g/mol. The first-order chi connectivity index (χ1) is 7.97. The molecule has 0 radical (unpaired) electrons. The maximum Gasteiger partial charge on any atom is 0.303 e. The third kappa shape index (κ3) is 2.80. The Balaban J connectivity index is 3.36. The SMILES string of the molecule is CCCNc1c([N+](=O)[O-])cc(O)cc1[N+](=O)[O-]. The Morgan fingerprint density at radius 3 is 2.06 bits per heavy atom. The lowest BCUT2D eigenvalue weighted by molar-refractivity contribution is -0.392. The Hall–Kier alpha value is -2.38. The van der Waals surface area contributed by atoms with E-state index in [0.29, 0.717) is 13.0 Å². The van der Waals surface area contributed by atoms with Crippen molar-refractivity contribution in [2.45, 2.75) is 13.3 Å². The Labute approximate surface area is 96.2 Å². The number of nitrogens with one attached hydrogen (secondary N) is 1. The third-order valence-electron chi connectivity index (χ3n) is 2.03. The van der Waals surface area contributed by atoms with E-state index in [4.69, 9.17) is 0 Å². The van der Waals surface area contributed by atoms with Crippen molar-refractivity contribution >= 4 is 17.1 Å². The van der Waals surface area contributed by atoms with Gasteiger partial charge in [-0.1, -0.05) is 6.92 Å². The van der Waals surface area contributed by atoms with Gasteiger partial charge in [-0.25, -0.2) is 0 Å². The Kier molecular flexibility index (Phi) is 3.81. The zero-order valence-corrected chi connectivity index (χ0v) is 9.04. The minimum Gasteiger partial charge on any atom is -0.507 e. The minimum atomic E-state index is -0.773. The van der Waals surface area contributed by atoms with Crippen LogP contribution in [0, 0.1) is 20.2 Å². The van der Waals surface area contributed by atoms with Crippen LogP contribution in [0.2, 0.25) is 0 Å². The van der Waals surface area contributed by atoms with Gasteiger partial charge < -0.3 is 10.4 Å². The summed E-state index contributed by atoms with van der Waals surface area (Å²) in [5.74, 6) is -0.509. The van der Waals surface area contributed by atoms with Crippen molar-refractivity contribution in [1.82, 2.24) is 0 Å². The van der Waals surface area contributed by atoms with E-state index >= 15 is 0 Å². The minimum absolute atomic E-state index is 0.181. The van der Waals surface area contributed by atoms with Gasteiger partial charge in [0.05, 0.1) is 22.0 Å². The van der Waals surface area contributed by atoms with Gasteiger partial charge in [-0.2, -0.15) is 0 Å². The molecule has 0 aliphatic rings. The van der Waals surface area contributed by atoms with Crippen LogP contribution in [-0.2, 0) is 0 Å². The van der Waals surface area contributed by atoms with Crippen molar-refractivity contribution in [3.8, 4) is 5.75 Å². The smallest absolute Gasteiger partial charge is 0.303 e. The van der Waals surface area contributed by atoms with Gasteiger partial charge in [-0.3, -0.25) is 20.2 Å². The topological polar surface area (TPSA) is 119 Å². The van der Waals surface area contributed by atoms with Crippen LogP contribution < -0.4 is 5.32 Å². The molecule has 92 valence electrons. The van der Waals surface area contributed by atoms with Gasteiger partial charge in [0.25, 0.3) is 0 Å². The lowest BCUT2D eigenvalue weighted by Gasteiger charge is -2.06. The van der Waals surface area contributed by atoms with Gasteiger partial charge in [0, 0.05) is 6.54 Å². The van der Waals surface area contributed by atoms with E-state index in [1.54, 1.807) is 0 Å². The number of nitro benzene ring substituents is 2. The molecule has 0 amide bonds. The number of phenolic OH excluding ortho intramolecular Hbond substituents is 1. The first kappa shape index (κ1) is 12.7. The summed E-state index contributed by atoms with van der Waals surface area (Å²) >= 11 is 0. The predicted octanol–water partition coefficient (Wildman–Crippen LogP) is 2.03. The van der Waals surface area contributed by atoms with E-state index in [-0.39, 0.29) is 5.69 Å². The summed E-state index contributed by atoms with van der Waals surface area (Å²) in [5.41, 5.74) is -1.20. The van der Waals surface area contributed by atoms with E-state index in [0.717, 1.165) is 12.1 Å². The van der Waals surface area contributed by atoms with E-state index in [1.807, 2.05) is 6.92 Å². The maximum absolute atomic E-state index is 10.7. The largest absolute Gasteiger partial charge is 0.507 e. The van der Waals surface area contributed by atoms with Crippen LogP contribution in [0.25, 0.3) is 0 Å². The maximum atomic E-state index is 10.7. The normalized spacial score (nSPS) is 9.94. The second kappa shape index (κ2) is 5.10. The molecule has 1 aromatic carbocycles. The van der Waals surface area contributed by atoms with Crippen molar-refractivity contribution in [3.63, 3.8) is 0 Å². The number of hydrogen-bond donors (Lipinski definition) is 2. The molecule has 0 saturated heterocycles. The monoisotopic (exact) mass is 241 g/mol. The third-order valence-corrected chi connectivity index (χ3v) is 2.03. The van der Waals surface area contributed by atoms with E-state index in [2.05, 4.69) is 5.32 Å². The van der Waals surface area contributed by atoms with Crippen LogP contribution in [0.5, 0.6) is 5.75 Å². The fourth-order valence-corrected chi connectivity index (χ4v) is 1.32. The zero-order valence-electron chi connectivity index (χ0n) is 9.04. The highest BCUT2D eigenvalue weighted by Gasteiger charge is 2.26. The lowest BCUT2D eigenvalue weighted by atomic mass is 10.2. The predicted molar refractivity (Wildman–Crippen MR) is 60.2 cm³/mol. The van der Waals surface area contributed by atoms with E-state index in [9.17, 15) is 25.3 Å². The summed E-state index contributed by atoms with van der Waals surface area (Å²) in [6.45, 7) is 2.19. The van der Waals surface area contributed by atoms with Crippen LogP contribution in [0.3, 0.4) is 0 Å². The standard InChI is InChI=1S/C9H11N3O5/c1-2-3-10-9-7(11(14)15)4-6(13)5-8(9)12(16)17/h4-5,10,13H,2-3H2,1H3. The summed E-state index contributed by atoms with van der Waals surface area (Å²) < 4.78 is 0. The number of benzene rings is 1. The molecule has 0 atom stereocenters. The summed E-state index contributed by atoms with van der Waals surface area (Å²) in [6, 6.07) is 1.76. The highest BCUT2D eigenvalue weighted by atomic mass is 16.6.